The number of rotatable bonds is 2. The Balaban J connectivity index is 1.81. The molecule has 8 heteroatoms. The Labute approximate surface area is 167 Å². The monoisotopic (exact) mass is 418 g/mol. The lowest BCUT2D eigenvalue weighted by atomic mass is 10.2. The number of hydrogen-bond acceptors (Lipinski definition) is 4. The number of hydrogen-bond donors (Lipinski definition) is 1. The smallest absolute Gasteiger partial charge is 0.255 e. The van der Waals surface area contributed by atoms with E-state index < -0.39 is 5.43 Å². The number of anilines is 1. The number of halogens is 3. The summed E-state index contributed by atoms with van der Waals surface area (Å²) in [4.78, 5) is 28.7. The summed E-state index contributed by atoms with van der Waals surface area (Å²) in [5, 5.41) is 2.35. The van der Waals surface area contributed by atoms with Gasteiger partial charge >= 0.3 is 0 Å². The predicted octanol–water partition coefficient (Wildman–Crippen LogP) is 5.51. The third-order valence-corrected chi connectivity index (χ3v) is 5.08. The minimum Gasteiger partial charge on any atom is -0.451 e. The number of fused-ring (bicyclic) bond motifs is 2. The van der Waals surface area contributed by atoms with Crippen LogP contribution in [0.3, 0.4) is 0 Å². The molecule has 1 aliphatic heterocycles. The van der Waals surface area contributed by atoms with E-state index in [0.29, 0.717) is 22.4 Å². The largest absolute Gasteiger partial charge is 0.451 e. The van der Waals surface area contributed by atoms with Gasteiger partial charge in [0, 0.05) is 17.3 Å². The Bertz CT molecular complexity index is 1220. The lowest BCUT2D eigenvalue weighted by molar-refractivity contribution is 0.102. The van der Waals surface area contributed by atoms with Gasteiger partial charge in [-0.15, -0.1) is 0 Å². The van der Waals surface area contributed by atoms with E-state index >= 15 is 0 Å². The highest BCUT2D eigenvalue weighted by atomic mass is 35.5. The lowest BCUT2D eigenvalue weighted by Crippen LogP contribution is -2.11. The van der Waals surface area contributed by atoms with E-state index in [1.54, 1.807) is 42.5 Å². The molecule has 0 radical (unpaired) electrons. The molecule has 2 aromatic rings. The first-order valence-electron chi connectivity index (χ1n) is 7.73. The summed E-state index contributed by atoms with van der Waals surface area (Å²) in [5.74, 6) is -0.228. The molecule has 1 aliphatic carbocycles. The van der Waals surface area contributed by atoms with Crippen molar-refractivity contribution in [2.45, 2.75) is 0 Å². The van der Waals surface area contributed by atoms with E-state index in [0.717, 1.165) is 0 Å². The molecule has 1 amide bonds. The quantitative estimate of drug-likeness (QED) is 0.344. The Kier molecular flexibility index (Phi) is 4.52. The SMILES string of the molecule is O=C(Nc1ccc2nc3c(Cl)c(Cl)c(=O)c(Cl)c-3oc2c1)c1ccccc1. The van der Waals surface area contributed by atoms with Gasteiger partial charge in [0.05, 0.1) is 5.02 Å². The molecule has 0 saturated heterocycles. The standard InChI is InChI=1S/C19H9Cl3N2O3/c20-13-14(21)17(25)15(22)18-16(13)24-11-7-6-10(8-12(11)27-18)23-19(26)9-4-2-1-3-5-9/h1-8H,(H,23,26). The van der Waals surface area contributed by atoms with E-state index in [4.69, 9.17) is 39.2 Å². The van der Waals surface area contributed by atoms with Crippen LogP contribution in [-0.2, 0) is 0 Å². The average Bonchev–Trinajstić information content (AvgIpc) is 2.70. The van der Waals surface area contributed by atoms with Crippen LogP contribution in [0.2, 0.25) is 15.1 Å². The van der Waals surface area contributed by atoms with Gasteiger partial charge in [-0.2, -0.15) is 0 Å². The maximum atomic E-state index is 12.3. The van der Waals surface area contributed by atoms with Gasteiger partial charge in [0.25, 0.3) is 5.91 Å². The van der Waals surface area contributed by atoms with Crippen LogP contribution in [0.1, 0.15) is 10.4 Å². The summed E-state index contributed by atoms with van der Waals surface area (Å²) in [6.07, 6.45) is 0. The van der Waals surface area contributed by atoms with Crippen molar-refractivity contribution in [1.82, 2.24) is 4.98 Å². The molecule has 27 heavy (non-hydrogen) atoms. The number of benzene rings is 3. The Hall–Kier alpha value is -2.60. The average molecular weight is 420 g/mol. The maximum absolute atomic E-state index is 12.3. The maximum Gasteiger partial charge on any atom is 0.255 e. The highest BCUT2D eigenvalue weighted by Crippen LogP contribution is 2.38. The Morgan fingerprint density at radius 3 is 2.44 bits per heavy atom. The van der Waals surface area contributed by atoms with Crippen molar-refractivity contribution in [3.05, 3.63) is 79.4 Å². The number of aromatic nitrogens is 1. The molecule has 134 valence electrons. The highest BCUT2D eigenvalue weighted by molar-refractivity contribution is 6.45. The van der Waals surface area contributed by atoms with Gasteiger partial charge in [0.2, 0.25) is 5.43 Å². The summed E-state index contributed by atoms with van der Waals surface area (Å²) in [7, 11) is 0. The van der Waals surface area contributed by atoms with Crippen molar-refractivity contribution in [1.29, 1.82) is 0 Å². The fourth-order valence-electron chi connectivity index (χ4n) is 2.59. The van der Waals surface area contributed by atoms with Crippen LogP contribution in [0.15, 0.2) is 57.7 Å². The number of carbonyl (C=O) groups is 1. The van der Waals surface area contributed by atoms with Crippen molar-refractivity contribution in [3.8, 4) is 11.5 Å². The lowest BCUT2D eigenvalue weighted by Gasteiger charge is -2.11. The second-order valence-corrected chi connectivity index (χ2v) is 6.80. The minimum atomic E-state index is -0.630. The van der Waals surface area contributed by atoms with Crippen molar-refractivity contribution in [2.24, 2.45) is 0 Å². The van der Waals surface area contributed by atoms with Crippen LogP contribution in [-0.4, -0.2) is 10.9 Å². The Morgan fingerprint density at radius 1 is 0.963 bits per heavy atom. The van der Waals surface area contributed by atoms with Crippen molar-refractivity contribution in [3.63, 3.8) is 0 Å². The van der Waals surface area contributed by atoms with Crippen LogP contribution in [0.5, 0.6) is 0 Å². The summed E-state index contributed by atoms with van der Waals surface area (Å²) in [5.41, 5.74) is 1.38. The van der Waals surface area contributed by atoms with Crippen LogP contribution < -0.4 is 10.7 Å². The van der Waals surface area contributed by atoms with Gasteiger partial charge in [-0.3, -0.25) is 9.59 Å². The number of amides is 1. The second-order valence-electron chi connectivity index (χ2n) is 5.67. The van der Waals surface area contributed by atoms with Gasteiger partial charge in [-0.05, 0) is 24.3 Å². The van der Waals surface area contributed by atoms with Crippen molar-refractivity contribution < 1.29 is 9.21 Å². The topological polar surface area (TPSA) is 72.2 Å². The molecule has 0 spiro atoms. The Morgan fingerprint density at radius 2 is 1.70 bits per heavy atom. The zero-order valence-corrected chi connectivity index (χ0v) is 15.7. The summed E-state index contributed by atoms with van der Waals surface area (Å²) in [6, 6.07) is 13.7. The molecular formula is C19H9Cl3N2O3. The van der Waals surface area contributed by atoms with Crippen LogP contribution >= 0.6 is 34.8 Å². The van der Waals surface area contributed by atoms with E-state index in [9.17, 15) is 9.59 Å². The fourth-order valence-corrected chi connectivity index (χ4v) is 3.26. The molecule has 0 fully saturated rings. The number of nitrogens with one attached hydrogen (secondary N) is 1. The zero-order valence-electron chi connectivity index (χ0n) is 13.4. The van der Waals surface area contributed by atoms with Crippen LogP contribution in [0, 0.1) is 0 Å². The second kappa shape index (κ2) is 6.85. The normalized spacial score (nSPS) is 11.1. The molecule has 2 aliphatic rings. The summed E-state index contributed by atoms with van der Waals surface area (Å²) in [6.45, 7) is 0. The van der Waals surface area contributed by atoms with E-state index in [1.165, 1.54) is 0 Å². The molecule has 2 aromatic carbocycles. The molecule has 1 heterocycles. The molecule has 0 saturated carbocycles. The molecule has 0 unspecified atom stereocenters. The van der Waals surface area contributed by atoms with Crippen LogP contribution in [0.4, 0.5) is 5.69 Å². The van der Waals surface area contributed by atoms with Crippen LogP contribution in [0.25, 0.3) is 22.6 Å². The molecule has 1 N–H and O–H groups in total. The summed E-state index contributed by atoms with van der Waals surface area (Å²) >= 11 is 18.0. The molecule has 0 bridgehead atoms. The van der Waals surface area contributed by atoms with Gasteiger partial charge < -0.3 is 9.73 Å². The molecule has 0 atom stereocenters. The van der Waals surface area contributed by atoms with Crippen molar-refractivity contribution in [2.75, 3.05) is 5.32 Å². The first-order valence-corrected chi connectivity index (χ1v) is 8.86. The third kappa shape index (κ3) is 3.14. The molecule has 0 aromatic heterocycles. The van der Waals surface area contributed by atoms with Gasteiger partial charge in [-0.25, -0.2) is 4.98 Å². The van der Waals surface area contributed by atoms with Gasteiger partial charge in [0.15, 0.2) is 11.3 Å². The first kappa shape index (κ1) is 17.8. The number of carbonyl (C=O) groups excluding carboxylic acids is 1. The fraction of sp³-hybridized carbons (Fsp3) is 0. The molecule has 5 nitrogen and oxygen atoms in total. The van der Waals surface area contributed by atoms with E-state index in [1.807, 2.05) is 6.07 Å². The zero-order chi connectivity index (χ0) is 19.1. The van der Waals surface area contributed by atoms with Crippen molar-refractivity contribution >= 4 is 57.5 Å². The van der Waals surface area contributed by atoms with Gasteiger partial charge in [-0.1, -0.05) is 53.0 Å². The predicted molar refractivity (Wildman–Crippen MR) is 106 cm³/mol. The van der Waals surface area contributed by atoms with Gasteiger partial charge in [0.1, 0.15) is 21.3 Å². The highest BCUT2D eigenvalue weighted by Gasteiger charge is 2.24. The first-order chi connectivity index (χ1) is 13.0. The third-order valence-electron chi connectivity index (χ3n) is 3.91. The summed E-state index contributed by atoms with van der Waals surface area (Å²) < 4.78 is 5.73. The number of nitrogens with zero attached hydrogens (tertiary/aromatic N) is 1. The minimum absolute atomic E-state index is 0.0202. The molecular weight excluding hydrogens is 411 g/mol. The van der Waals surface area contributed by atoms with E-state index in [-0.39, 0.29) is 32.4 Å². The molecule has 4 rings (SSSR count). The van der Waals surface area contributed by atoms with E-state index in [2.05, 4.69) is 10.3 Å².